The van der Waals surface area contributed by atoms with Crippen molar-refractivity contribution < 1.29 is 0 Å². The third-order valence-corrected chi connectivity index (χ3v) is 3.70. The Morgan fingerprint density at radius 2 is 1.94 bits per heavy atom. The molecule has 0 amide bonds. The number of hydrogen-bond acceptors (Lipinski definition) is 2. The van der Waals surface area contributed by atoms with Gasteiger partial charge in [-0.1, -0.05) is 33.1 Å². The fraction of sp³-hybridized carbons (Fsp3) is 1.00. The molecule has 1 unspecified atom stereocenters. The Morgan fingerprint density at radius 3 is 2.56 bits per heavy atom. The van der Waals surface area contributed by atoms with E-state index in [9.17, 15) is 0 Å². The van der Waals surface area contributed by atoms with Gasteiger partial charge in [0.25, 0.3) is 0 Å². The van der Waals surface area contributed by atoms with Gasteiger partial charge in [-0.25, -0.2) is 0 Å². The fourth-order valence-corrected chi connectivity index (χ4v) is 2.62. The number of unbranched alkanes of at least 4 members (excludes halogenated alkanes) is 3. The molecule has 2 heteroatoms. The molecule has 1 fully saturated rings. The van der Waals surface area contributed by atoms with Crippen molar-refractivity contribution in [1.29, 1.82) is 0 Å². The van der Waals surface area contributed by atoms with Crippen molar-refractivity contribution in [3.63, 3.8) is 0 Å². The van der Waals surface area contributed by atoms with E-state index in [0.29, 0.717) is 5.54 Å². The first-order chi connectivity index (χ1) is 7.59. The minimum atomic E-state index is 0.302. The van der Waals surface area contributed by atoms with Crippen molar-refractivity contribution in [3.05, 3.63) is 0 Å². The first-order valence-corrected chi connectivity index (χ1v) is 7.08. The first-order valence-electron chi connectivity index (χ1n) is 7.08. The van der Waals surface area contributed by atoms with Gasteiger partial charge in [0.1, 0.15) is 0 Å². The normalized spacial score (nSPS) is 25.9. The van der Waals surface area contributed by atoms with E-state index < -0.39 is 0 Å². The van der Waals surface area contributed by atoms with Gasteiger partial charge < -0.3 is 5.32 Å². The van der Waals surface area contributed by atoms with E-state index in [1.807, 2.05) is 0 Å². The average molecular weight is 226 g/mol. The molecule has 1 aliphatic rings. The van der Waals surface area contributed by atoms with Crippen molar-refractivity contribution in [2.24, 2.45) is 0 Å². The maximum absolute atomic E-state index is 3.65. The van der Waals surface area contributed by atoms with Crippen LogP contribution in [-0.4, -0.2) is 36.1 Å². The zero-order valence-corrected chi connectivity index (χ0v) is 11.7. The van der Waals surface area contributed by atoms with E-state index in [4.69, 9.17) is 0 Å². The fourth-order valence-electron chi connectivity index (χ4n) is 2.62. The molecule has 0 aliphatic carbocycles. The lowest BCUT2D eigenvalue weighted by Crippen LogP contribution is -2.61. The second-order valence-electron chi connectivity index (χ2n) is 5.86. The molecule has 0 aromatic carbocycles. The summed E-state index contributed by atoms with van der Waals surface area (Å²) in [4.78, 5) is 2.70. The molecule has 2 nitrogen and oxygen atoms in total. The smallest absolute Gasteiger partial charge is 0.0252 e. The van der Waals surface area contributed by atoms with Gasteiger partial charge >= 0.3 is 0 Å². The Kier molecular flexibility index (Phi) is 5.77. The van der Waals surface area contributed by atoms with Crippen molar-refractivity contribution in [2.75, 3.05) is 19.6 Å². The highest BCUT2D eigenvalue weighted by atomic mass is 15.2. The van der Waals surface area contributed by atoms with Crippen molar-refractivity contribution in [1.82, 2.24) is 10.2 Å². The Labute approximate surface area is 102 Å². The summed E-state index contributed by atoms with van der Waals surface area (Å²) < 4.78 is 0. The van der Waals surface area contributed by atoms with Crippen LogP contribution in [-0.2, 0) is 0 Å². The SMILES string of the molecule is CCCCCCN1CC(C)(C)NCC1CC. The van der Waals surface area contributed by atoms with E-state index in [0.717, 1.165) is 12.6 Å². The Bertz CT molecular complexity index is 189. The lowest BCUT2D eigenvalue weighted by Gasteiger charge is -2.44. The number of nitrogens with zero attached hydrogens (tertiary/aromatic N) is 1. The minimum absolute atomic E-state index is 0.302. The van der Waals surface area contributed by atoms with Gasteiger partial charge in [-0.15, -0.1) is 0 Å². The van der Waals surface area contributed by atoms with Crippen LogP contribution in [0, 0.1) is 0 Å². The lowest BCUT2D eigenvalue weighted by molar-refractivity contribution is 0.0909. The molecule has 96 valence electrons. The van der Waals surface area contributed by atoms with Gasteiger partial charge in [-0.3, -0.25) is 4.90 Å². The summed E-state index contributed by atoms with van der Waals surface area (Å²) in [6.07, 6.45) is 6.78. The second-order valence-corrected chi connectivity index (χ2v) is 5.86. The zero-order chi connectivity index (χ0) is 12.0. The van der Waals surface area contributed by atoms with E-state index in [-0.39, 0.29) is 0 Å². The van der Waals surface area contributed by atoms with Crippen LogP contribution >= 0.6 is 0 Å². The number of nitrogens with one attached hydrogen (secondary N) is 1. The van der Waals surface area contributed by atoms with Crippen LogP contribution in [0.3, 0.4) is 0 Å². The van der Waals surface area contributed by atoms with Gasteiger partial charge in [-0.2, -0.15) is 0 Å². The minimum Gasteiger partial charge on any atom is -0.309 e. The molecule has 16 heavy (non-hydrogen) atoms. The van der Waals surface area contributed by atoms with Crippen LogP contribution in [0.2, 0.25) is 0 Å². The van der Waals surface area contributed by atoms with Crippen LogP contribution in [0.4, 0.5) is 0 Å². The number of rotatable bonds is 6. The summed E-state index contributed by atoms with van der Waals surface area (Å²) >= 11 is 0. The van der Waals surface area contributed by atoms with Gasteiger partial charge in [-0.05, 0) is 33.2 Å². The summed E-state index contributed by atoms with van der Waals surface area (Å²) in [6.45, 7) is 12.9. The zero-order valence-electron chi connectivity index (χ0n) is 11.7. The van der Waals surface area contributed by atoms with Crippen molar-refractivity contribution in [2.45, 2.75) is 71.4 Å². The Morgan fingerprint density at radius 1 is 1.19 bits per heavy atom. The molecule has 1 N–H and O–H groups in total. The summed E-state index contributed by atoms with van der Waals surface area (Å²) in [5.74, 6) is 0. The highest BCUT2D eigenvalue weighted by Gasteiger charge is 2.30. The quantitative estimate of drug-likeness (QED) is 0.700. The number of piperazine rings is 1. The van der Waals surface area contributed by atoms with E-state index in [1.165, 1.54) is 45.2 Å². The number of hydrogen-bond donors (Lipinski definition) is 1. The Balaban J connectivity index is 2.34. The average Bonchev–Trinajstić information content (AvgIpc) is 2.24. The van der Waals surface area contributed by atoms with Crippen molar-refractivity contribution in [3.8, 4) is 0 Å². The third kappa shape index (κ3) is 4.42. The van der Waals surface area contributed by atoms with Gasteiger partial charge in [0.2, 0.25) is 0 Å². The maximum atomic E-state index is 3.65. The van der Waals surface area contributed by atoms with Crippen LogP contribution in [0.5, 0.6) is 0 Å². The lowest BCUT2D eigenvalue weighted by atomic mass is 9.97. The van der Waals surface area contributed by atoms with Crippen LogP contribution in [0.1, 0.15) is 59.8 Å². The summed E-state index contributed by atoms with van der Waals surface area (Å²) in [6, 6.07) is 0.759. The third-order valence-electron chi connectivity index (χ3n) is 3.70. The molecule has 0 spiro atoms. The molecule has 1 saturated heterocycles. The molecule has 1 heterocycles. The van der Waals surface area contributed by atoms with E-state index in [2.05, 4.69) is 37.9 Å². The molecule has 0 saturated carbocycles. The maximum Gasteiger partial charge on any atom is 0.0252 e. The second kappa shape index (κ2) is 6.61. The highest BCUT2D eigenvalue weighted by Crippen LogP contribution is 2.17. The molecule has 0 bridgehead atoms. The standard InChI is InChI=1S/C14H30N2/c1-5-7-8-9-10-16-12-14(3,4)15-11-13(16)6-2/h13,15H,5-12H2,1-4H3. The predicted molar refractivity (Wildman–Crippen MR) is 71.9 cm³/mol. The molecule has 0 radical (unpaired) electrons. The van der Waals surface area contributed by atoms with Gasteiger partial charge in [0.05, 0.1) is 0 Å². The van der Waals surface area contributed by atoms with Crippen LogP contribution in [0.15, 0.2) is 0 Å². The van der Waals surface area contributed by atoms with Crippen LogP contribution in [0.25, 0.3) is 0 Å². The molecule has 1 atom stereocenters. The van der Waals surface area contributed by atoms with E-state index in [1.54, 1.807) is 0 Å². The molecular weight excluding hydrogens is 196 g/mol. The molecule has 1 rings (SSSR count). The van der Waals surface area contributed by atoms with Gasteiger partial charge in [0.15, 0.2) is 0 Å². The molecule has 0 aromatic heterocycles. The van der Waals surface area contributed by atoms with Crippen LogP contribution < -0.4 is 5.32 Å². The molecular formula is C14H30N2. The first kappa shape index (κ1) is 14.0. The van der Waals surface area contributed by atoms with Gasteiger partial charge in [0, 0.05) is 24.7 Å². The largest absolute Gasteiger partial charge is 0.309 e. The Hall–Kier alpha value is -0.0800. The topological polar surface area (TPSA) is 15.3 Å². The highest BCUT2D eigenvalue weighted by molar-refractivity contribution is 4.91. The van der Waals surface area contributed by atoms with E-state index >= 15 is 0 Å². The predicted octanol–water partition coefficient (Wildman–Crippen LogP) is 3.03. The summed E-state index contributed by atoms with van der Waals surface area (Å²) in [5, 5.41) is 3.65. The monoisotopic (exact) mass is 226 g/mol. The summed E-state index contributed by atoms with van der Waals surface area (Å²) in [5.41, 5.74) is 0.302. The summed E-state index contributed by atoms with van der Waals surface area (Å²) in [7, 11) is 0. The van der Waals surface area contributed by atoms with Crippen molar-refractivity contribution >= 4 is 0 Å². The molecule has 0 aromatic rings. The molecule has 1 aliphatic heterocycles.